The maximum absolute atomic E-state index is 11.1. The lowest BCUT2D eigenvalue weighted by atomic mass is 9.86. The number of nitrogens with one attached hydrogen (secondary N) is 2. The number of aliphatic carboxylic acids is 1. The van der Waals surface area contributed by atoms with Gasteiger partial charge in [0.25, 0.3) is 0 Å². The van der Waals surface area contributed by atoms with Crippen LogP contribution in [-0.2, 0) is 17.6 Å². The zero-order chi connectivity index (χ0) is 20.4. The van der Waals surface area contributed by atoms with Gasteiger partial charge in [0.05, 0.1) is 5.92 Å². The summed E-state index contributed by atoms with van der Waals surface area (Å²) in [5.41, 5.74) is 3.13. The molecule has 0 amide bonds. The second-order valence-corrected chi connectivity index (χ2v) is 8.20. The molecular formula is C22H28N4O3. The number of carboxylic acid groups (broad SMARTS) is 1. The van der Waals surface area contributed by atoms with Crippen molar-refractivity contribution in [3.05, 3.63) is 47.2 Å². The topological polar surface area (TPSA) is 104 Å². The summed E-state index contributed by atoms with van der Waals surface area (Å²) in [5, 5.41) is 17.8. The van der Waals surface area contributed by atoms with Gasteiger partial charge < -0.3 is 19.9 Å². The number of nitrogens with zero attached hydrogens (tertiary/aromatic N) is 2. The molecule has 0 saturated heterocycles. The number of hydrogen-bond donors (Lipinski definition) is 3. The lowest BCUT2D eigenvalue weighted by molar-refractivity contribution is -0.141. The minimum atomic E-state index is -0.775. The summed E-state index contributed by atoms with van der Waals surface area (Å²) in [6.07, 6.45) is 7.49. The molecule has 154 valence electrons. The molecule has 1 fully saturated rings. The molecule has 29 heavy (non-hydrogen) atoms. The first-order valence-electron chi connectivity index (χ1n) is 10.3. The molecule has 1 aromatic carbocycles. The first-order chi connectivity index (χ1) is 14.0. The van der Waals surface area contributed by atoms with Crippen LogP contribution in [0.15, 0.2) is 28.9 Å². The number of carbonyl (C=O) groups is 1. The number of carboxylic acids is 1. The van der Waals surface area contributed by atoms with Crippen LogP contribution in [0.4, 0.5) is 0 Å². The molecule has 2 heterocycles. The third-order valence-corrected chi connectivity index (χ3v) is 6.11. The van der Waals surface area contributed by atoms with Crippen LogP contribution in [0.2, 0.25) is 0 Å². The van der Waals surface area contributed by atoms with Gasteiger partial charge in [0.1, 0.15) is 0 Å². The average molecular weight is 396 g/mol. The van der Waals surface area contributed by atoms with E-state index < -0.39 is 11.9 Å². The van der Waals surface area contributed by atoms with Crippen molar-refractivity contribution >= 4 is 16.9 Å². The molecule has 0 unspecified atom stereocenters. The molecule has 1 saturated carbocycles. The lowest BCUT2D eigenvalue weighted by Gasteiger charge is -2.25. The molecule has 0 radical (unpaired) electrons. The Morgan fingerprint density at radius 2 is 2.14 bits per heavy atom. The van der Waals surface area contributed by atoms with E-state index in [0.29, 0.717) is 30.6 Å². The van der Waals surface area contributed by atoms with Crippen LogP contribution in [0.5, 0.6) is 0 Å². The van der Waals surface area contributed by atoms with Gasteiger partial charge in [-0.2, -0.15) is 4.98 Å². The third kappa shape index (κ3) is 4.34. The maximum atomic E-state index is 11.1. The van der Waals surface area contributed by atoms with E-state index in [4.69, 9.17) is 9.63 Å². The monoisotopic (exact) mass is 396 g/mol. The Balaban J connectivity index is 1.43. The molecule has 0 spiro atoms. The number of rotatable bonds is 7. The predicted molar refractivity (Wildman–Crippen MR) is 110 cm³/mol. The van der Waals surface area contributed by atoms with Crippen LogP contribution in [0.25, 0.3) is 10.9 Å². The summed E-state index contributed by atoms with van der Waals surface area (Å²) in [5.74, 6) is 0.658. The summed E-state index contributed by atoms with van der Waals surface area (Å²) in [7, 11) is 2.02. The molecule has 4 rings (SSSR count). The second-order valence-electron chi connectivity index (χ2n) is 8.20. The van der Waals surface area contributed by atoms with E-state index >= 15 is 0 Å². The molecule has 0 bridgehead atoms. The lowest BCUT2D eigenvalue weighted by Crippen LogP contribution is -2.29. The molecular weight excluding hydrogens is 368 g/mol. The molecule has 0 aliphatic heterocycles. The Bertz CT molecular complexity index is 985. The highest BCUT2D eigenvalue weighted by Gasteiger charge is 2.25. The van der Waals surface area contributed by atoms with E-state index in [1.165, 1.54) is 0 Å². The number of aromatic amines is 1. The number of aromatic nitrogens is 3. The van der Waals surface area contributed by atoms with Crippen molar-refractivity contribution in [1.82, 2.24) is 20.4 Å². The minimum Gasteiger partial charge on any atom is -0.481 e. The maximum Gasteiger partial charge on any atom is 0.306 e. The van der Waals surface area contributed by atoms with Gasteiger partial charge in [0.2, 0.25) is 5.89 Å². The zero-order valence-corrected chi connectivity index (χ0v) is 16.9. The second kappa shape index (κ2) is 8.37. The molecule has 3 aromatic rings. The fourth-order valence-corrected chi connectivity index (χ4v) is 4.25. The standard InChI is InChI=1S/C22H28N4O3/c1-13(22(27)28)9-16-12-24-19-10-14(3-8-18(16)19)11-20-25-21(29-26-20)15-4-6-17(23-2)7-5-15/h3,8,10,12-13,15,17,23-24H,4-7,9,11H2,1-2H3,(H,27,28)/t13-,15?,17?/m0/s1. The van der Waals surface area contributed by atoms with Gasteiger partial charge in [-0.3, -0.25) is 4.79 Å². The Hall–Kier alpha value is -2.67. The molecule has 1 atom stereocenters. The van der Waals surface area contributed by atoms with E-state index in [2.05, 4.69) is 32.6 Å². The van der Waals surface area contributed by atoms with Crippen molar-refractivity contribution in [2.45, 2.75) is 57.4 Å². The van der Waals surface area contributed by atoms with Crippen molar-refractivity contribution < 1.29 is 14.4 Å². The minimum absolute atomic E-state index is 0.366. The van der Waals surface area contributed by atoms with Crippen LogP contribution < -0.4 is 5.32 Å². The number of H-pyrrole nitrogens is 1. The number of fused-ring (bicyclic) bond motifs is 1. The smallest absolute Gasteiger partial charge is 0.306 e. The molecule has 1 aliphatic rings. The average Bonchev–Trinajstić information content (AvgIpc) is 3.35. The first-order valence-corrected chi connectivity index (χ1v) is 10.3. The van der Waals surface area contributed by atoms with Crippen LogP contribution >= 0.6 is 0 Å². The van der Waals surface area contributed by atoms with Gasteiger partial charge in [-0.1, -0.05) is 24.2 Å². The predicted octanol–water partition coefficient (Wildman–Crippen LogP) is 3.65. The van der Waals surface area contributed by atoms with Crippen molar-refractivity contribution in [2.75, 3.05) is 7.05 Å². The fourth-order valence-electron chi connectivity index (χ4n) is 4.25. The third-order valence-electron chi connectivity index (χ3n) is 6.11. The Morgan fingerprint density at radius 1 is 1.34 bits per heavy atom. The summed E-state index contributed by atoms with van der Waals surface area (Å²) < 4.78 is 5.56. The zero-order valence-electron chi connectivity index (χ0n) is 16.9. The molecule has 1 aliphatic carbocycles. The largest absolute Gasteiger partial charge is 0.481 e. The Morgan fingerprint density at radius 3 is 2.86 bits per heavy atom. The van der Waals surface area contributed by atoms with Gasteiger partial charge in [-0.25, -0.2) is 0 Å². The van der Waals surface area contributed by atoms with E-state index in [1.54, 1.807) is 6.92 Å². The van der Waals surface area contributed by atoms with Crippen molar-refractivity contribution in [3.63, 3.8) is 0 Å². The quantitative estimate of drug-likeness (QED) is 0.563. The van der Waals surface area contributed by atoms with Gasteiger partial charge in [-0.05, 0) is 56.3 Å². The van der Waals surface area contributed by atoms with E-state index in [0.717, 1.165) is 53.6 Å². The fraction of sp³-hybridized carbons (Fsp3) is 0.500. The summed E-state index contributed by atoms with van der Waals surface area (Å²) >= 11 is 0. The van der Waals surface area contributed by atoms with Gasteiger partial charge in [0, 0.05) is 35.5 Å². The van der Waals surface area contributed by atoms with Crippen molar-refractivity contribution in [2.24, 2.45) is 5.92 Å². The molecule has 3 N–H and O–H groups in total. The normalized spacial score (nSPS) is 20.8. The van der Waals surface area contributed by atoms with E-state index in [1.807, 2.05) is 19.3 Å². The summed E-state index contributed by atoms with van der Waals surface area (Å²) in [6.45, 7) is 1.73. The van der Waals surface area contributed by atoms with Crippen molar-refractivity contribution in [3.8, 4) is 0 Å². The van der Waals surface area contributed by atoms with Crippen LogP contribution in [0, 0.1) is 5.92 Å². The number of hydrogen-bond acceptors (Lipinski definition) is 5. The summed E-state index contributed by atoms with van der Waals surface area (Å²) in [6, 6.07) is 6.78. The highest BCUT2D eigenvalue weighted by atomic mass is 16.5. The van der Waals surface area contributed by atoms with Crippen LogP contribution in [0.1, 0.15) is 61.4 Å². The van der Waals surface area contributed by atoms with Gasteiger partial charge in [-0.15, -0.1) is 0 Å². The molecule has 2 aromatic heterocycles. The first kappa shape index (κ1) is 19.6. The van der Waals surface area contributed by atoms with Crippen molar-refractivity contribution in [1.29, 1.82) is 0 Å². The van der Waals surface area contributed by atoms with Crippen LogP contribution in [-0.4, -0.2) is 39.3 Å². The number of benzene rings is 1. The highest BCUT2D eigenvalue weighted by molar-refractivity contribution is 5.84. The Kier molecular flexibility index (Phi) is 5.67. The SMILES string of the molecule is CNC1CCC(c2nc(Cc3ccc4c(C[C@H](C)C(=O)O)c[nH]c4c3)no2)CC1. The van der Waals surface area contributed by atoms with E-state index in [-0.39, 0.29) is 0 Å². The van der Waals surface area contributed by atoms with Gasteiger partial charge >= 0.3 is 5.97 Å². The molecule has 7 heteroatoms. The van der Waals surface area contributed by atoms with E-state index in [9.17, 15) is 4.79 Å². The Labute approximate surface area is 169 Å². The van der Waals surface area contributed by atoms with Crippen LogP contribution in [0.3, 0.4) is 0 Å². The van der Waals surface area contributed by atoms with Gasteiger partial charge in [0.15, 0.2) is 5.82 Å². The summed E-state index contributed by atoms with van der Waals surface area (Å²) in [4.78, 5) is 19.0. The highest BCUT2D eigenvalue weighted by Crippen LogP contribution is 2.32. The molecule has 7 nitrogen and oxygen atoms in total.